The molecule has 0 fully saturated rings. The minimum Gasteiger partial charge on any atom is -0.465 e. The van der Waals surface area contributed by atoms with Gasteiger partial charge in [-0.15, -0.1) is 0 Å². The molecule has 1 N–H and O–H groups in total. The number of rotatable bonds is 7. The molecule has 0 spiro atoms. The van der Waals surface area contributed by atoms with E-state index in [0.29, 0.717) is 13.2 Å². The second-order valence-electron chi connectivity index (χ2n) is 4.19. The first kappa shape index (κ1) is 15.9. The van der Waals surface area contributed by atoms with Gasteiger partial charge in [0.05, 0.1) is 24.2 Å². The van der Waals surface area contributed by atoms with Crippen molar-refractivity contribution in [3.63, 3.8) is 0 Å². The van der Waals surface area contributed by atoms with Crippen molar-refractivity contribution in [1.29, 1.82) is 0 Å². The molecule has 1 unspecified atom stereocenters. The summed E-state index contributed by atoms with van der Waals surface area (Å²) < 4.78 is 9.84. The molecule has 0 amide bonds. The fraction of sp³-hybridized carbons (Fsp3) is 0.462. The highest BCUT2D eigenvalue weighted by Crippen LogP contribution is 2.26. The molecule has 1 rings (SSSR count). The number of nitrogens with one attached hydrogen (secondary N) is 1. The Labute approximate surface area is 117 Å². The van der Waals surface area contributed by atoms with Crippen molar-refractivity contribution >= 4 is 17.3 Å². The molecule has 7 heteroatoms. The normalized spacial score (nSPS) is 11.8. The highest BCUT2D eigenvalue weighted by Gasteiger charge is 2.18. The van der Waals surface area contributed by atoms with Crippen molar-refractivity contribution in [3.05, 3.63) is 33.9 Å². The van der Waals surface area contributed by atoms with Gasteiger partial charge in [-0.3, -0.25) is 10.1 Å². The zero-order chi connectivity index (χ0) is 15.1. The third kappa shape index (κ3) is 4.20. The maximum Gasteiger partial charge on any atom is 0.337 e. The molecule has 0 aliphatic heterocycles. The first-order chi connectivity index (χ1) is 9.49. The predicted molar refractivity (Wildman–Crippen MR) is 74.0 cm³/mol. The summed E-state index contributed by atoms with van der Waals surface area (Å²) in [5, 5.41) is 14.0. The third-order valence-electron chi connectivity index (χ3n) is 2.59. The maximum atomic E-state index is 11.5. The van der Waals surface area contributed by atoms with E-state index in [0.717, 1.165) is 0 Å². The lowest BCUT2D eigenvalue weighted by atomic mass is 10.1. The standard InChI is InChI=1S/C13H18N2O5/c1-4-20-8-9(2)14-11-7-10(13(16)19-3)5-6-12(11)15(17)18/h5-7,9,14H,4,8H2,1-3H3. The first-order valence-corrected chi connectivity index (χ1v) is 6.20. The van der Waals surface area contributed by atoms with Crippen molar-refractivity contribution < 1.29 is 19.2 Å². The van der Waals surface area contributed by atoms with Crippen LogP contribution in [-0.4, -0.2) is 37.3 Å². The highest BCUT2D eigenvalue weighted by atomic mass is 16.6. The molecule has 7 nitrogen and oxygen atoms in total. The number of esters is 1. The fourth-order valence-corrected chi connectivity index (χ4v) is 1.66. The largest absolute Gasteiger partial charge is 0.465 e. The average Bonchev–Trinajstić information content (AvgIpc) is 2.43. The van der Waals surface area contributed by atoms with E-state index in [1.165, 1.54) is 25.3 Å². The summed E-state index contributed by atoms with van der Waals surface area (Å²) in [6.45, 7) is 4.68. The van der Waals surface area contributed by atoms with Crippen molar-refractivity contribution in [2.24, 2.45) is 0 Å². The van der Waals surface area contributed by atoms with E-state index in [1.807, 2.05) is 13.8 Å². The molecule has 0 heterocycles. The molecule has 0 aromatic heterocycles. The number of nitrogens with zero attached hydrogens (tertiary/aromatic N) is 1. The van der Waals surface area contributed by atoms with E-state index in [2.05, 4.69) is 10.1 Å². The number of hydrogen-bond acceptors (Lipinski definition) is 6. The van der Waals surface area contributed by atoms with Crippen LogP contribution in [0.15, 0.2) is 18.2 Å². The number of methoxy groups -OCH3 is 1. The molecule has 0 bridgehead atoms. The summed E-state index contributed by atoms with van der Waals surface area (Å²) in [6.07, 6.45) is 0. The highest BCUT2D eigenvalue weighted by molar-refractivity contribution is 5.91. The Morgan fingerprint density at radius 1 is 1.50 bits per heavy atom. The van der Waals surface area contributed by atoms with Gasteiger partial charge in [0.2, 0.25) is 0 Å². The summed E-state index contributed by atoms with van der Waals surface area (Å²) in [7, 11) is 1.26. The molecule has 0 aliphatic carbocycles. The molecule has 0 radical (unpaired) electrons. The van der Waals surface area contributed by atoms with E-state index in [4.69, 9.17) is 4.74 Å². The minimum atomic E-state index is -0.541. The molecule has 0 saturated heterocycles. The Morgan fingerprint density at radius 2 is 2.20 bits per heavy atom. The van der Waals surface area contributed by atoms with Crippen LogP contribution in [0.25, 0.3) is 0 Å². The van der Waals surface area contributed by atoms with Crippen LogP contribution in [0.4, 0.5) is 11.4 Å². The van der Waals surface area contributed by atoms with Crippen molar-refractivity contribution in [2.45, 2.75) is 19.9 Å². The zero-order valence-corrected chi connectivity index (χ0v) is 11.7. The molecule has 0 saturated carbocycles. The molecule has 1 aromatic carbocycles. The maximum absolute atomic E-state index is 11.5. The second kappa shape index (κ2) is 7.44. The van der Waals surface area contributed by atoms with Gasteiger partial charge >= 0.3 is 5.97 Å². The summed E-state index contributed by atoms with van der Waals surface area (Å²) in [5.41, 5.74) is 0.426. The quantitative estimate of drug-likeness (QED) is 0.468. The predicted octanol–water partition coefficient (Wildman–Crippen LogP) is 2.22. The molecular formula is C13H18N2O5. The van der Waals surface area contributed by atoms with Gasteiger partial charge in [0.25, 0.3) is 5.69 Å². The van der Waals surface area contributed by atoms with E-state index < -0.39 is 10.9 Å². The van der Waals surface area contributed by atoms with Gasteiger partial charge in [0.15, 0.2) is 0 Å². The summed E-state index contributed by atoms with van der Waals surface area (Å²) in [6, 6.07) is 3.93. The van der Waals surface area contributed by atoms with Gasteiger partial charge in [-0.2, -0.15) is 0 Å². The molecule has 20 heavy (non-hydrogen) atoms. The van der Waals surface area contributed by atoms with Crippen LogP contribution in [0, 0.1) is 10.1 Å². The van der Waals surface area contributed by atoms with Gasteiger partial charge < -0.3 is 14.8 Å². The van der Waals surface area contributed by atoms with Crippen molar-refractivity contribution in [1.82, 2.24) is 0 Å². The van der Waals surface area contributed by atoms with Gasteiger partial charge in [-0.05, 0) is 26.0 Å². The van der Waals surface area contributed by atoms with Crippen LogP contribution < -0.4 is 5.32 Å². The lowest BCUT2D eigenvalue weighted by Crippen LogP contribution is -2.22. The summed E-state index contributed by atoms with van der Waals surface area (Å²) in [4.78, 5) is 21.9. The number of hydrogen-bond donors (Lipinski definition) is 1. The Bertz CT molecular complexity index is 490. The lowest BCUT2D eigenvalue weighted by molar-refractivity contribution is -0.384. The zero-order valence-electron chi connectivity index (χ0n) is 11.7. The fourth-order valence-electron chi connectivity index (χ4n) is 1.66. The number of benzene rings is 1. The number of carbonyl (C=O) groups is 1. The third-order valence-corrected chi connectivity index (χ3v) is 2.59. The molecule has 1 atom stereocenters. The van der Waals surface area contributed by atoms with Gasteiger partial charge in [-0.1, -0.05) is 0 Å². The first-order valence-electron chi connectivity index (χ1n) is 6.20. The van der Waals surface area contributed by atoms with E-state index in [1.54, 1.807) is 0 Å². The van der Waals surface area contributed by atoms with Crippen molar-refractivity contribution in [2.75, 3.05) is 25.6 Å². The van der Waals surface area contributed by atoms with Crippen LogP contribution in [0.2, 0.25) is 0 Å². The van der Waals surface area contributed by atoms with Crippen LogP contribution in [0.3, 0.4) is 0 Å². The topological polar surface area (TPSA) is 90.7 Å². The average molecular weight is 282 g/mol. The molecular weight excluding hydrogens is 264 g/mol. The van der Waals surface area contributed by atoms with Gasteiger partial charge in [0.1, 0.15) is 5.69 Å². The lowest BCUT2D eigenvalue weighted by Gasteiger charge is -2.15. The number of anilines is 1. The summed E-state index contributed by atoms with van der Waals surface area (Å²) >= 11 is 0. The van der Waals surface area contributed by atoms with E-state index in [-0.39, 0.29) is 23.0 Å². The van der Waals surface area contributed by atoms with E-state index in [9.17, 15) is 14.9 Å². The number of nitro groups is 1. The second-order valence-corrected chi connectivity index (χ2v) is 4.19. The minimum absolute atomic E-state index is 0.0963. The van der Waals surface area contributed by atoms with E-state index >= 15 is 0 Å². The molecule has 1 aromatic rings. The van der Waals surface area contributed by atoms with Crippen LogP contribution in [-0.2, 0) is 9.47 Å². The number of carbonyl (C=O) groups excluding carboxylic acids is 1. The Hall–Kier alpha value is -2.15. The Kier molecular flexibility index (Phi) is 5.92. The SMILES string of the molecule is CCOCC(C)Nc1cc(C(=O)OC)ccc1[N+](=O)[O-]. The van der Waals surface area contributed by atoms with Crippen molar-refractivity contribution in [3.8, 4) is 0 Å². The monoisotopic (exact) mass is 282 g/mol. The Balaban J connectivity index is 2.99. The molecule has 0 aliphatic rings. The molecule has 110 valence electrons. The number of nitro benzene ring substituents is 1. The van der Waals surface area contributed by atoms with Gasteiger partial charge in [0, 0.05) is 18.7 Å². The van der Waals surface area contributed by atoms with Crippen LogP contribution in [0.1, 0.15) is 24.2 Å². The Morgan fingerprint density at radius 3 is 2.75 bits per heavy atom. The van der Waals surface area contributed by atoms with Crippen LogP contribution in [0.5, 0.6) is 0 Å². The van der Waals surface area contributed by atoms with Gasteiger partial charge in [-0.25, -0.2) is 4.79 Å². The number of ether oxygens (including phenoxy) is 2. The smallest absolute Gasteiger partial charge is 0.337 e. The van der Waals surface area contributed by atoms with Crippen LogP contribution >= 0.6 is 0 Å². The summed E-state index contributed by atoms with van der Waals surface area (Å²) in [5.74, 6) is -0.541.